The second-order valence-corrected chi connectivity index (χ2v) is 6.63. The SMILES string of the molecule is O[C@@H]1CCOC[C@H]1[C@@H]1CCCN1c1cncc(-c2ccccc2)n1. The maximum absolute atomic E-state index is 10.4. The van der Waals surface area contributed by atoms with E-state index in [0.29, 0.717) is 13.2 Å². The van der Waals surface area contributed by atoms with Crippen LogP contribution in [0.25, 0.3) is 11.3 Å². The average Bonchev–Trinajstić information content (AvgIpc) is 3.12. The molecule has 1 aromatic carbocycles. The van der Waals surface area contributed by atoms with Crippen molar-refractivity contribution in [3.05, 3.63) is 42.7 Å². The van der Waals surface area contributed by atoms with E-state index < -0.39 is 0 Å². The van der Waals surface area contributed by atoms with Gasteiger partial charge in [-0.05, 0) is 19.3 Å². The van der Waals surface area contributed by atoms with E-state index in [0.717, 1.165) is 42.9 Å². The van der Waals surface area contributed by atoms with Crippen molar-refractivity contribution in [2.24, 2.45) is 5.92 Å². The molecule has 2 aromatic rings. The van der Waals surface area contributed by atoms with Gasteiger partial charge in [0.1, 0.15) is 5.82 Å². The van der Waals surface area contributed by atoms with Gasteiger partial charge >= 0.3 is 0 Å². The van der Waals surface area contributed by atoms with Gasteiger partial charge in [-0.1, -0.05) is 30.3 Å². The quantitative estimate of drug-likeness (QED) is 0.940. The van der Waals surface area contributed by atoms with E-state index in [1.165, 1.54) is 0 Å². The minimum absolute atomic E-state index is 0.156. The molecule has 2 aliphatic rings. The lowest BCUT2D eigenvalue weighted by Gasteiger charge is -2.37. The van der Waals surface area contributed by atoms with Crippen molar-refractivity contribution in [3.63, 3.8) is 0 Å². The normalized spacial score (nSPS) is 27.4. The lowest BCUT2D eigenvalue weighted by molar-refractivity contribution is -0.0438. The molecule has 3 atom stereocenters. The van der Waals surface area contributed by atoms with Gasteiger partial charge in [-0.25, -0.2) is 4.98 Å². The molecule has 0 aliphatic carbocycles. The van der Waals surface area contributed by atoms with Crippen molar-refractivity contribution in [2.45, 2.75) is 31.4 Å². The molecule has 5 nitrogen and oxygen atoms in total. The molecule has 0 spiro atoms. The van der Waals surface area contributed by atoms with E-state index in [-0.39, 0.29) is 18.1 Å². The van der Waals surface area contributed by atoms with E-state index in [1.54, 1.807) is 0 Å². The Morgan fingerprint density at radius 3 is 2.83 bits per heavy atom. The highest BCUT2D eigenvalue weighted by atomic mass is 16.5. The van der Waals surface area contributed by atoms with Crippen molar-refractivity contribution in [1.29, 1.82) is 0 Å². The highest BCUT2D eigenvalue weighted by Crippen LogP contribution is 2.33. The highest BCUT2D eigenvalue weighted by Gasteiger charge is 2.38. The fraction of sp³-hybridized carbons (Fsp3) is 0.474. The molecular formula is C19H23N3O2. The van der Waals surface area contributed by atoms with Crippen LogP contribution in [-0.2, 0) is 4.74 Å². The number of benzene rings is 1. The van der Waals surface area contributed by atoms with Gasteiger partial charge < -0.3 is 14.7 Å². The monoisotopic (exact) mass is 325 g/mol. The number of anilines is 1. The number of ether oxygens (including phenoxy) is 1. The zero-order valence-corrected chi connectivity index (χ0v) is 13.7. The van der Waals surface area contributed by atoms with Crippen molar-refractivity contribution in [3.8, 4) is 11.3 Å². The van der Waals surface area contributed by atoms with Crippen LogP contribution in [0.5, 0.6) is 0 Å². The smallest absolute Gasteiger partial charge is 0.148 e. The number of aromatic nitrogens is 2. The van der Waals surface area contributed by atoms with Crippen LogP contribution < -0.4 is 4.90 Å². The van der Waals surface area contributed by atoms with Crippen LogP contribution in [0.4, 0.5) is 5.82 Å². The van der Waals surface area contributed by atoms with Crippen molar-refractivity contribution < 1.29 is 9.84 Å². The van der Waals surface area contributed by atoms with Gasteiger partial charge in [-0.15, -0.1) is 0 Å². The summed E-state index contributed by atoms with van der Waals surface area (Å²) < 4.78 is 5.62. The van der Waals surface area contributed by atoms with Crippen molar-refractivity contribution >= 4 is 5.82 Å². The molecule has 0 radical (unpaired) electrons. The predicted molar refractivity (Wildman–Crippen MR) is 92.8 cm³/mol. The third kappa shape index (κ3) is 3.01. The molecule has 1 N–H and O–H groups in total. The fourth-order valence-corrected chi connectivity index (χ4v) is 3.88. The molecule has 0 bridgehead atoms. The maximum Gasteiger partial charge on any atom is 0.148 e. The second kappa shape index (κ2) is 6.87. The van der Waals surface area contributed by atoms with Crippen LogP contribution >= 0.6 is 0 Å². The lowest BCUT2D eigenvalue weighted by atomic mass is 9.89. The summed E-state index contributed by atoms with van der Waals surface area (Å²) in [6.45, 7) is 2.25. The minimum atomic E-state index is -0.283. The first kappa shape index (κ1) is 15.5. The Morgan fingerprint density at radius 1 is 1.12 bits per heavy atom. The highest BCUT2D eigenvalue weighted by molar-refractivity contribution is 5.60. The summed E-state index contributed by atoms with van der Waals surface area (Å²) in [7, 11) is 0. The Bertz CT molecular complexity index is 679. The average molecular weight is 325 g/mol. The van der Waals surface area contributed by atoms with Gasteiger partial charge in [0.05, 0.1) is 30.8 Å². The summed E-state index contributed by atoms with van der Waals surface area (Å²) in [5.41, 5.74) is 1.96. The zero-order valence-electron chi connectivity index (χ0n) is 13.7. The Kier molecular flexibility index (Phi) is 4.45. The van der Waals surface area contributed by atoms with E-state index in [9.17, 15) is 5.11 Å². The molecule has 0 saturated carbocycles. The van der Waals surface area contributed by atoms with Crippen LogP contribution in [0.1, 0.15) is 19.3 Å². The van der Waals surface area contributed by atoms with Gasteiger partial charge in [0.15, 0.2) is 0 Å². The largest absolute Gasteiger partial charge is 0.393 e. The Hall–Kier alpha value is -1.98. The summed E-state index contributed by atoms with van der Waals surface area (Å²) >= 11 is 0. The first-order valence-electron chi connectivity index (χ1n) is 8.73. The number of nitrogens with zero attached hydrogens (tertiary/aromatic N) is 3. The number of hydrogen-bond acceptors (Lipinski definition) is 5. The maximum atomic E-state index is 10.4. The van der Waals surface area contributed by atoms with Crippen molar-refractivity contribution in [2.75, 3.05) is 24.7 Å². The summed E-state index contributed by atoms with van der Waals surface area (Å²) in [4.78, 5) is 11.5. The number of rotatable bonds is 3. The van der Waals surface area contributed by atoms with Gasteiger partial charge in [-0.3, -0.25) is 4.98 Å². The molecule has 24 heavy (non-hydrogen) atoms. The van der Waals surface area contributed by atoms with E-state index in [4.69, 9.17) is 9.72 Å². The van der Waals surface area contributed by atoms with Crippen LogP contribution in [0.15, 0.2) is 42.7 Å². The van der Waals surface area contributed by atoms with Crippen LogP contribution in [0, 0.1) is 5.92 Å². The molecule has 2 saturated heterocycles. The Balaban J connectivity index is 1.60. The molecule has 4 rings (SSSR count). The van der Waals surface area contributed by atoms with E-state index in [2.05, 4.69) is 9.88 Å². The van der Waals surface area contributed by atoms with Crippen molar-refractivity contribution in [1.82, 2.24) is 9.97 Å². The van der Waals surface area contributed by atoms with Gasteiger partial charge in [0, 0.05) is 30.7 Å². The fourth-order valence-electron chi connectivity index (χ4n) is 3.88. The van der Waals surface area contributed by atoms with Gasteiger partial charge in [0.2, 0.25) is 0 Å². The molecule has 2 aliphatic heterocycles. The van der Waals surface area contributed by atoms with E-state index in [1.807, 2.05) is 42.7 Å². The third-order valence-corrected chi connectivity index (χ3v) is 5.14. The molecule has 2 fully saturated rings. The van der Waals surface area contributed by atoms with Crippen LogP contribution in [0.3, 0.4) is 0 Å². The van der Waals surface area contributed by atoms with E-state index >= 15 is 0 Å². The van der Waals surface area contributed by atoms with Crippen LogP contribution in [-0.4, -0.2) is 47.0 Å². The second-order valence-electron chi connectivity index (χ2n) is 6.63. The molecular weight excluding hydrogens is 302 g/mol. The zero-order chi connectivity index (χ0) is 16.4. The Morgan fingerprint density at radius 2 is 2.00 bits per heavy atom. The summed E-state index contributed by atoms with van der Waals surface area (Å²) in [5.74, 6) is 1.06. The Labute approximate surface area is 142 Å². The molecule has 3 heterocycles. The standard InChI is InChI=1S/C19H23N3O2/c23-18-8-10-24-13-15(18)17-7-4-9-22(17)19-12-20-11-16(21-19)14-5-2-1-3-6-14/h1-3,5-6,11-12,15,17-18,23H,4,7-10,13H2/t15-,17-,18+/m0/s1. The summed E-state index contributed by atoms with van der Waals surface area (Å²) in [6.07, 6.45) is 6.27. The third-order valence-electron chi connectivity index (χ3n) is 5.14. The first-order valence-corrected chi connectivity index (χ1v) is 8.73. The van der Waals surface area contributed by atoms with Crippen LogP contribution in [0.2, 0.25) is 0 Å². The summed E-state index contributed by atoms with van der Waals surface area (Å²) in [6, 6.07) is 10.4. The first-order chi connectivity index (χ1) is 11.8. The molecule has 5 heteroatoms. The molecule has 1 aromatic heterocycles. The van der Waals surface area contributed by atoms with Gasteiger partial charge in [0.25, 0.3) is 0 Å². The predicted octanol–water partition coefficient (Wildman–Crippen LogP) is 2.51. The molecule has 0 amide bonds. The number of aliphatic hydroxyl groups excluding tert-OH is 1. The van der Waals surface area contributed by atoms with Gasteiger partial charge in [-0.2, -0.15) is 0 Å². The topological polar surface area (TPSA) is 58.5 Å². The molecule has 126 valence electrons. The summed E-state index contributed by atoms with van der Waals surface area (Å²) in [5, 5.41) is 10.4. The minimum Gasteiger partial charge on any atom is -0.393 e. The lowest BCUT2D eigenvalue weighted by Crippen LogP contribution is -2.46. The number of hydrogen-bond donors (Lipinski definition) is 1. The number of aliphatic hydroxyl groups is 1. The molecule has 0 unspecified atom stereocenters.